The van der Waals surface area contributed by atoms with Crippen LogP contribution in [0, 0.1) is 12.8 Å². The van der Waals surface area contributed by atoms with Crippen molar-refractivity contribution in [2.45, 2.75) is 58.8 Å². The van der Waals surface area contributed by atoms with E-state index < -0.39 is 0 Å². The fraction of sp³-hybridized carbons (Fsp3) is 0.385. The average Bonchev–Trinajstić information content (AvgIpc) is 3.48. The number of carbonyl (C=O) groups is 2. The first-order chi connectivity index (χ1) is 15.2. The van der Waals surface area contributed by atoms with E-state index >= 15 is 0 Å². The van der Waals surface area contributed by atoms with Crippen LogP contribution < -0.4 is 5.32 Å². The van der Waals surface area contributed by atoms with Crippen molar-refractivity contribution in [3.8, 4) is 11.1 Å². The Balaban J connectivity index is 1.41. The van der Waals surface area contributed by atoms with E-state index in [9.17, 15) is 9.59 Å². The van der Waals surface area contributed by atoms with E-state index in [1.807, 2.05) is 45.9 Å². The van der Waals surface area contributed by atoms with E-state index in [-0.39, 0.29) is 28.9 Å². The van der Waals surface area contributed by atoms with Gasteiger partial charge in [0.25, 0.3) is 5.89 Å². The van der Waals surface area contributed by atoms with Gasteiger partial charge in [-0.15, -0.1) is 0 Å². The third-order valence-corrected chi connectivity index (χ3v) is 5.77. The van der Waals surface area contributed by atoms with Crippen LogP contribution in [0.1, 0.15) is 67.5 Å². The summed E-state index contributed by atoms with van der Waals surface area (Å²) in [6, 6.07) is 10.0. The Labute approximate surface area is 188 Å². The number of oxazole rings is 1. The van der Waals surface area contributed by atoms with Crippen molar-refractivity contribution in [2.24, 2.45) is 5.92 Å². The SMILES string of the molecule is Cc1cc(-c2ccnc(NC(=O)C3CC3)c2)ccc1CCC(=O)c1nc(C(C)(C)C)co1. The van der Waals surface area contributed by atoms with Gasteiger partial charge in [0.1, 0.15) is 12.1 Å². The summed E-state index contributed by atoms with van der Waals surface area (Å²) in [5, 5.41) is 2.90. The molecule has 1 aromatic carbocycles. The van der Waals surface area contributed by atoms with E-state index in [0.29, 0.717) is 18.7 Å². The van der Waals surface area contributed by atoms with E-state index in [4.69, 9.17) is 4.42 Å². The summed E-state index contributed by atoms with van der Waals surface area (Å²) in [5.74, 6) is 0.857. The highest BCUT2D eigenvalue weighted by molar-refractivity contribution is 5.93. The number of amides is 1. The van der Waals surface area contributed by atoms with E-state index in [1.54, 1.807) is 12.5 Å². The lowest BCUT2D eigenvalue weighted by Gasteiger charge is -2.12. The minimum Gasteiger partial charge on any atom is -0.442 e. The summed E-state index contributed by atoms with van der Waals surface area (Å²) in [4.78, 5) is 33.2. The van der Waals surface area contributed by atoms with Crippen LogP contribution in [0.3, 0.4) is 0 Å². The van der Waals surface area contributed by atoms with E-state index in [2.05, 4.69) is 27.4 Å². The fourth-order valence-electron chi connectivity index (χ4n) is 3.51. The molecule has 0 bridgehead atoms. The molecule has 1 saturated carbocycles. The molecule has 0 spiro atoms. The predicted octanol–water partition coefficient (Wildman–Crippen LogP) is 5.51. The van der Waals surface area contributed by atoms with Crippen molar-refractivity contribution >= 4 is 17.5 Å². The second-order valence-electron chi connectivity index (χ2n) is 9.55. The van der Waals surface area contributed by atoms with E-state index in [1.165, 1.54) is 0 Å². The molecule has 0 unspecified atom stereocenters. The summed E-state index contributed by atoms with van der Waals surface area (Å²) in [6.45, 7) is 8.16. The Morgan fingerprint density at radius 3 is 2.53 bits per heavy atom. The maximum atomic E-state index is 12.5. The van der Waals surface area contributed by atoms with Crippen LogP contribution in [-0.4, -0.2) is 21.7 Å². The molecule has 0 radical (unpaired) electrons. The maximum Gasteiger partial charge on any atom is 0.263 e. The van der Waals surface area contributed by atoms with Crippen LogP contribution in [-0.2, 0) is 16.6 Å². The number of aromatic nitrogens is 2. The van der Waals surface area contributed by atoms with Gasteiger partial charge in [-0.25, -0.2) is 9.97 Å². The Bertz CT molecular complexity index is 1150. The molecule has 6 heteroatoms. The zero-order valence-electron chi connectivity index (χ0n) is 19.1. The van der Waals surface area contributed by atoms with Crippen molar-refractivity contribution in [3.05, 3.63) is 65.5 Å². The van der Waals surface area contributed by atoms with Crippen LogP contribution in [0.2, 0.25) is 0 Å². The summed E-state index contributed by atoms with van der Waals surface area (Å²) in [7, 11) is 0. The van der Waals surface area contributed by atoms with Gasteiger partial charge in [0.05, 0.1) is 5.69 Å². The normalized spacial score (nSPS) is 13.8. The number of nitrogens with zero attached hydrogens (tertiary/aromatic N) is 2. The predicted molar refractivity (Wildman–Crippen MR) is 124 cm³/mol. The monoisotopic (exact) mass is 431 g/mol. The standard InChI is InChI=1S/C26H29N3O3/c1-16-13-19(20-11-12-27-23(14-20)29-24(31)18-6-7-18)8-5-17(16)9-10-21(30)25-28-22(15-32-25)26(2,3)4/h5,8,11-15,18H,6-7,9-10H2,1-4H3,(H,27,29,31). The molecule has 0 aliphatic heterocycles. The molecule has 6 nitrogen and oxygen atoms in total. The van der Waals surface area contributed by atoms with Crippen LogP contribution in [0.15, 0.2) is 47.2 Å². The Kier molecular flexibility index (Phi) is 5.96. The third kappa shape index (κ3) is 5.13. The number of hydrogen-bond acceptors (Lipinski definition) is 5. The van der Waals surface area contributed by atoms with Crippen LogP contribution in [0.25, 0.3) is 11.1 Å². The van der Waals surface area contributed by atoms with Crippen molar-refractivity contribution in [3.63, 3.8) is 0 Å². The number of hydrogen-bond donors (Lipinski definition) is 1. The molecule has 1 aliphatic rings. The first-order valence-electron chi connectivity index (χ1n) is 11.1. The van der Waals surface area contributed by atoms with Gasteiger partial charge in [-0.05, 0) is 60.6 Å². The van der Waals surface area contributed by atoms with Gasteiger partial charge in [0.15, 0.2) is 0 Å². The summed E-state index contributed by atoms with van der Waals surface area (Å²) >= 11 is 0. The Morgan fingerprint density at radius 2 is 1.88 bits per heavy atom. The second kappa shape index (κ2) is 8.69. The molecule has 166 valence electrons. The van der Waals surface area contributed by atoms with Gasteiger partial charge in [-0.1, -0.05) is 39.0 Å². The molecule has 1 fully saturated rings. The van der Waals surface area contributed by atoms with Crippen molar-refractivity contribution in [1.82, 2.24) is 9.97 Å². The van der Waals surface area contributed by atoms with Crippen molar-refractivity contribution < 1.29 is 14.0 Å². The lowest BCUT2D eigenvalue weighted by Crippen LogP contribution is -2.14. The smallest absolute Gasteiger partial charge is 0.263 e. The number of aryl methyl sites for hydroxylation is 2. The van der Waals surface area contributed by atoms with Crippen LogP contribution in [0.5, 0.6) is 0 Å². The Hall–Kier alpha value is -3.28. The fourth-order valence-corrected chi connectivity index (χ4v) is 3.51. The molecule has 2 heterocycles. The average molecular weight is 432 g/mol. The number of pyridine rings is 1. The highest BCUT2D eigenvalue weighted by Crippen LogP contribution is 2.31. The summed E-state index contributed by atoms with van der Waals surface area (Å²) in [6.07, 6.45) is 6.17. The van der Waals surface area contributed by atoms with Gasteiger partial charge in [-0.3, -0.25) is 9.59 Å². The number of anilines is 1. The zero-order chi connectivity index (χ0) is 22.9. The molecule has 4 rings (SSSR count). The summed E-state index contributed by atoms with van der Waals surface area (Å²) in [5.41, 5.74) is 4.89. The third-order valence-electron chi connectivity index (χ3n) is 5.77. The molecule has 1 amide bonds. The van der Waals surface area contributed by atoms with Crippen molar-refractivity contribution in [2.75, 3.05) is 5.32 Å². The second-order valence-corrected chi connectivity index (χ2v) is 9.55. The van der Waals surface area contributed by atoms with Gasteiger partial charge in [0, 0.05) is 24.0 Å². The number of carbonyl (C=O) groups excluding carboxylic acids is 2. The van der Waals surface area contributed by atoms with Gasteiger partial charge < -0.3 is 9.73 Å². The molecular weight excluding hydrogens is 402 g/mol. The van der Waals surface area contributed by atoms with Crippen LogP contribution in [0.4, 0.5) is 5.82 Å². The minimum atomic E-state index is -0.151. The maximum absolute atomic E-state index is 12.5. The zero-order valence-corrected chi connectivity index (χ0v) is 19.1. The first-order valence-corrected chi connectivity index (χ1v) is 11.1. The molecular formula is C26H29N3O3. The largest absolute Gasteiger partial charge is 0.442 e. The molecule has 2 aromatic heterocycles. The highest BCUT2D eigenvalue weighted by atomic mass is 16.3. The highest BCUT2D eigenvalue weighted by Gasteiger charge is 2.29. The minimum absolute atomic E-state index is 0.0477. The van der Waals surface area contributed by atoms with E-state index in [0.717, 1.165) is 40.8 Å². The lowest BCUT2D eigenvalue weighted by atomic mass is 9.93. The van der Waals surface area contributed by atoms with Crippen LogP contribution >= 0.6 is 0 Å². The first kappa shape index (κ1) is 21.9. The molecule has 0 atom stereocenters. The number of rotatable bonds is 7. The van der Waals surface area contributed by atoms with Gasteiger partial charge in [0.2, 0.25) is 11.7 Å². The summed E-state index contributed by atoms with van der Waals surface area (Å²) < 4.78 is 5.41. The Morgan fingerprint density at radius 1 is 1.12 bits per heavy atom. The number of Topliss-reactive ketones (excluding diaryl/α,β-unsaturated/α-hetero) is 1. The molecule has 32 heavy (non-hydrogen) atoms. The lowest BCUT2D eigenvalue weighted by molar-refractivity contribution is -0.117. The molecule has 3 aromatic rings. The molecule has 1 N–H and O–H groups in total. The van der Waals surface area contributed by atoms with Gasteiger partial charge in [-0.2, -0.15) is 0 Å². The number of benzene rings is 1. The molecule has 1 aliphatic carbocycles. The quantitative estimate of drug-likeness (QED) is 0.499. The topological polar surface area (TPSA) is 85.1 Å². The van der Waals surface area contributed by atoms with Crippen molar-refractivity contribution in [1.29, 1.82) is 0 Å². The van der Waals surface area contributed by atoms with Gasteiger partial charge >= 0.3 is 0 Å². The number of ketones is 1. The molecule has 0 saturated heterocycles. The number of nitrogens with one attached hydrogen (secondary N) is 1.